The molecule has 0 aromatic heterocycles. The van der Waals surface area contributed by atoms with E-state index in [1.54, 1.807) is 6.92 Å². The predicted octanol–water partition coefficient (Wildman–Crippen LogP) is -0.327. The number of esters is 1. The third-order valence-corrected chi connectivity index (χ3v) is 1.75. The number of rotatable bonds is 2. The minimum Gasteiger partial charge on any atom is -0.462 e. The lowest BCUT2D eigenvalue weighted by molar-refractivity contribution is -0.281. The van der Waals surface area contributed by atoms with Crippen LogP contribution in [0.3, 0.4) is 0 Å². The zero-order valence-electron chi connectivity index (χ0n) is 7.78. The summed E-state index contributed by atoms with van der Waals surface area (Å²) in [5.41, 5.74) is 0. The van der Waals surface area contributed by atoms with Gasteiger partial charge in [-0.3, -0.25) is 0 Å². The Morgan fingerprint density at radius 3 is 2.62 bits per heavy atom. The molecule has 1 saturated heterocycles. The summed E-state index contributed by atoms with van der Waals surface area (Å²) in [6, 6.07) is 0. The molecule has 0 amide bonds. The number of hydrogen-bond donors (Lipinski definition) is 1. The van der Waals surface area contributed by atoms with Crippen LogP contribution in [0.5, 0.6) is 0 Å². The first-order valence-electron chi connectivity index (χ1n) is 4.21. The smallest absolute Gasteiger partial charge is 0.366 e. The lowest BCUT2D eigenvalue weighted by Gasteiger charge is -2.33. The van der Waals surface area contributed by atoms with Crippen LogP contribution in [-0.2, 0) is 19.0 Å². The van der Waals surface area contributed by atoms with Gasteiger partial charge in [0.05, 0.1) is 19.8 Å². The quantitative estimate of drug-likeness (QED) is 0.604. The summed E-state index contributed by atoms with van der Waals surface area (Å²) in [4.78, 5) is 11.3. The third kappa shape index (κ3) is 2.40. The van der Waals surface area contributed by atoms with Gasteiger partial charge < -0.3 is 19.3 Å². The average Bonchev–Trinajstić information content (AvgIpc) is 2.11. The molecule has 1 rings (SSSR count). The van der Waals surface area contributed by atoms with Crippen LogP contribution in [-0.4, -0.2) is 42.8 Å². The molecule has 0 aromatic carbocycles. The van der Waals surface area contributed by atoms with Crippen LogP contribution >= 0.6 is 0 Å². The Balaban J connectivity index is 2.51. The molecular formula is C8H14O5. The van der Waals surface area contributed by atoms with Gasteiger partial charge in [0.25, 0.3) is 5.79 Å². The van der Waals surface area contributed by atoms with Gasteiger partial charge in [-0.05, 0) is 6.92 Å². The van der Waals surface area contributed by atoms with Gasteiger partial charge in [-0.25, -0.2) is 4.79 Å². The van der Waals surface area contributed by atoms with Gasteiger partial charge in [-0.2, -0.15) is 0 Å². The van der Waals surface area contributed by atoms with Crippen LogP contribution < -0.4 is 0 Å². The number of aliphatic hydroxyl groups is 1. The first kappa shape index (κ1) is 10.4. The monoisotopic (exact) mass is 190 g/mol. The zero-order chi connectivity index (χ0) is 9.90. The Labute approximate surface area is 76.6 Å². The molecular weight excluding hydrogens is 176 g/mol. The number of ether oxygens (including phenoxy) is 3. The highest BCUT2D eigenvalue weighted by molar-refractivity contribution is 5.77. The lowest BCUT2D eigenvalue weighted by Crippen LogP contribution is -2.50. The second-order valence-electron chi connectivity index (χ2n) is 2.94. The molecule has 0 bridgehead atoms. The average molecular weight is 190 g/mol. The fourth-order valence-corrected chi connectivity index (χ4v) is 0.980. The minimum absolute atomic E-state index is 0.0926. The summed E-state index contributed by atoms with van der Waals surface area (Å²) in [6.07, 6.45) is -0.664. The van der Waals surface area contributed by atoms with Crippen molar-refractivity contribution < 1.29 is 24.1 Å². The Hall–Kier alpha value is -0.650. The van der Waals surface area contributed by atoms with Crippen molar-refractivity contribution in [2.75, 3.05) is 19.8 Å². The molecule has 0 saturated carbocycles. The molecule has 0 aliphatic carbocycles. The molecule has 1 N–H and O–H groups in total. The fourth-order valence-electron chi connectivity index (χ4n) is 0.980. The largest absolute Gasteiger partial charge is 0.462 e. The summed E-state index contributed by atoms with van der Waals surface area (Å²) < 4.78 is 14.8. The molecule has 0 atom stereocenters. The molecule has 5 nitrogen and oxygen atoms in total. The van der Waals surface area contributed by atoms with Crippen molar-refractivity contribution in [3.8, 4) is 0 Å². The van der Waals surface area contributed by atoms with E-state index in [0.717, 1.165) is 0 Å². The highest BCUT2D eigenvalue weighted by Crippen LogP contribution is 2.19. The molecule has 0 radical (unpaired) electrons. The Bertz CT molecular complexity index is 183. The normalized spacial score (nSPS) is 34.2. The van der Waals surface area contributed by atoms with E-state index in [2.05, 4.69) is 0 Å². The Kier molecular flexibility index (Phi) is 3.24. The van der Waals surface area contributed by atoms with Crippen molar-refractivity contribution in [1.82, 2.24) is 0 Å². The fraction of sp³-hybridized carbons (Fsp3) is 0.875. The summed E-state index contributed by atoms with van der Waals surface area (Å²) in [5.74, 6) is -1.91. The number of hydrogen-bond acceptors (Lipinski definition) is 5. The Morgan fingerprint density at radius 2 is 2.15 bits per heavy atom. The van der Waals surface area contributed by atoms with Crippen LogP contribution in [0.1, 0.15) is 13.8 Å². The standard InChI is InChI=1S/C8H14O5/c1-3-11-7(10)8(2)12-4-6(9)5-13-8/h6,9H,3-5H2,1-2H3/t6-,8+. The summed E-state index contributed by atoms with van der Waals surface area (Å²) in [7, 11) is 0. The van der Waals surface area contributed by atoms with E-state index in [1.807, 2.05) is 0 Å². The second-order valence-corrected chi connectivity index (χ2v) is 2.94. The lowest BCUT2D eigenvalue weighted by atomic mass is 10.2. The number of carbonyl (C=O) groups is 1. The molecule has 0 unspecified atom stereocenters. The molecule has 1 fully saturated rings. The van der Waals surface area contributed by atoms with Gasteiger partial charge in [-0.15, -0.1) is 0 Å². The van der Waals surface area contributed by atoms with Crippen molar-refractivity contribution in [3.63, 3.8) is 0 Å². The molecule has 5 heteroatoms. The van der Waals surface area contributed by atoms with Gasteiger partial charge in [0.1, 0.15) is 6.10 Å². The van der Waals surface area contributed by atoms with Crippen molar-refractivity contribution in [1.29, 1.82) is 0 Å². The van der Waals surface area contributed by atoms with E-state index in [4.69, 9.17) is 19.3 Å². The minimum atomic E-state index is -1.35. The summed E-state index contributed by atoms with van der Waals surface area (Å²) >= 11 is 0. The van der Waals surface area contributed by atoms with Gasteiger partial charge in [-0.1, -0.05) is 0 Å². The van der Waals surface area contributed by atoms with E-state index >= 15 is 0 Å². The maximum Gasteiger partial charge on any atom is 0.366 e. The van der Waals surface area contributed by atoms with Crippen molar-refractivity contribution in [2.45, 2.75) is 25.7 Å². The Morgan fingerprint density at radius 1 is 1.62 bits per heavy atom. The summed E-state index contributed by atoms with van der Waals surface area (Å²) in [6.45, 7) is 3.66. The van der Waals surface area contributed by atoms with Gasteiger partial charge >= 0.3 is 5.97 Å². The van der Waals surface area contributed by atoms with Gasteiger partial charge in [0, 0.05) is 6.92 Å². The maximum atomic E-state index is 11.3. The van der Waals surface area contributed by atoms with Gasteiger partial charge in [0.2, 0.25) is 0 Å². The van der Waals surface area contributed by atoms with Crippen LogP contribution in [0.15, 0.2) is 0 Å². The molecule has 0 spiro atoms. The third-order valence-electron chi connectivity index (χ3n) is 1.75. The highest BCUT2D eigenvalue weighted by Gasteiger charge is 2.41. The predicted molar refractivity (Wildman–Crippen MR) is 42.9 cm³/mol. The number of carbonyl (C=O) groups excluding carboxylic acids is 1. The zero-order valence-corrected chi connectivity index (χ0v) is 7.78. The molecule has 76 valence electrons. The van der Waals surface area contributed by atoms with Crippen LogP contribution in [0.25, 0.3) is 0 Å². The highest BCUT2D eigenvalue weighted by atomic mass is 16.7. The molecule has 13 heavy (non-hydrogen) atoms. The molecule has 1 heterocycles. The van der Waals surface area contributed by atoms with Crippen molar-refractivity contribution >= 4 is 5.97 Å². The van der Waals surface area contributed by atoms with Gasteiger partial charge in [0.15, 0.2) is 0 Å². The first-order chi connectivity index (χ1) is 6.08. The van der Waals surface area contributed by atoms with Crippen molar-refractivity contribution in [2.24, 2.45) is 0 Å². The maximum absolute atomic E-state index is 11.3. The van der Waals surface area contributed by atoms with Crippen LogP contribution in [0.4, 0.5) is 0 Å². The van der Waals surface area contributed by atoms with E-state index < -0.39 is 17.9 Å². The van der Waals surface area contributed by atoms with Crippen LogP contribution in [0, 0.1) is 0 Å². The van der Waals surface area contributed by atoms with E-state index in [9.17, 15) is 4.79 Å². The second kappa shape index (κ2) is 4.04. The molecule has 1 aliphatic heterocycles. The molecule has 1 aliphatic rings. The van der Waals surface area contributed by atoms with E-state index in [0.29, 0.717) is 0 Å². The topological polar surface area (TPSA) is 65.0 Å². The van der Waals surface area contributed by atoms with Crippen molar-refractivity contribution in [3.05, 3.63) is 0 Å². The van der Waals surface area contributed by atoms with Crippen LogP contribution in [0.2, 0.25) is 0 Å². The van der Waals surface area contributed by atoms with E-state index in [1.165, 1.54) is 6.92 Å². The van der Waals surface area contributed by atoms with E-state index in [-0.39, 0.29) is 19.8 Å². The summed E-state index contributed by atoms with van der Waals surface area (Å²) in [5, 5.41) is 9.05. The SMILES string of the molecule is CCOC(=O)[C@]1(C)OC[C@H](O)CO1. The first-order valence-corrected chi connectivity index (χ1v) is 4.21. The molecule has 0 aromatic rings. The number of aliphatic hydroxyl groups excluding tert-OH is 1.